The molecule has 0 radical (unpaired) electrons. The second-order valence-corrected chi connectivity index (χ2v) is 5.20. The summed E-state index contributed by atoms with van der Waals surface area (Å²) in [4.78, 5) is 6.48. The summed E-state index contributed by atoms with van der Waals surface area (Å²) in [6.45, 7) is 6.77. The van der Waals surface area contributed by atoms with Crippen LogP contribution in [0.5, 0.6) is 0 Å². The minimum atomic E-state index is 0.381. The van der Waals surface area contributed by atoms with Crippen LogP contribution in [-0.2, 0) is 0 Å². The Morgan fingerprint density at radius 1 is 1.44 bits per heavy atom. The van der Waals surface area contributed by atoms with Gasteiger partial charge in [0.1, 0.15) is 11.8 Å². The summed E-state index contributed by atoms with van der Waals surface area (Å²) in [5.74, 6) is 0. The van der Waals surface area contributed by atoms with Crippen molar-refractivity contribution in [1.29, 1.82) is 5.26 Å². The molecule has 2 heterocycles. The summed E-state index contributed by atoms with van der Waals surface area (Å²) >= 11 is 0. The molecule has 1 aromatic heterocycles. The number of piperidine rings is 1. The minimum Gasteiger partial charge on any atom is -0.370 e. The van der Waals surface area contributed by atoms with Crippen molar-refractivity contribution in [2.45, 2.75) is 26.7 Å². The molecular weight excluding hydrogens is 198 g/mol. The van der Waals surface area contributed by atoms with E-state index in [1.54, 1.807) is 12.3 Å². The van der Waals surface area contributed by atoms with Gasteiger partial charge in [-0.3, -0.25) is 0 Å². The van der Waals surface area contributed by atoms with E-state index in [0.717, 1.165) is 18.8 Å². The zero-order valence-electron chi connectivity index (χ0n) is 9.90. The zero-order valence-corrected chi connectivity index (χ0v) is 9.90. The summed E-state index contributed by atoms with van der Waals surface area (Å²) in [7, 11) is 0. The Kier molecular flexibility index (Phi) is 2.82. The van der Waals surface area contributed by atoms with E-state index in [4.69, 9.17) is 5.26 Å². The lowest BCUT2D eigenvalue weighted by atomic mass is 9.84. The van der Waals surface area contributed by atoms with Crippen LogP contribution in [0.25, 0.3) is 0 Å². The number of pyridine rings is 1. The van der Waals surface area contributed by atoms with E-state index in [9.17, 15) is 0 Å². The number of nitrogens with zero attached hydrogens (tertiary/aromatic N) is 3. The SMILES string of the molecule is CC1(C)CCCN(c2ccc(C#N)nc2)C1. The van der Waals surface area contributed by atoms with Crippen LogP contribution in [0.15, 0.2) is 18.3 Å². The van der Waals surface area contributed by atoms with Crippen molar-refractivity contribution in [2.24, 2.45) is 5.41 Å². The van der Waals surface area contributed by atoms with Gasteiger partial charge in [0.2, 0.25) is 0 Å². The predicted molar refractivity (Wildman–Crippen MR) is 64.2 cm³/mol. The molecule has 0 saturated carbocycles. The highest BCUT2D eigenvalue weighted by Crippen LogP contribution is 2.31. The molecule has 1 aliphatic heterocycles. The van der Waals surface area contributed by atoms with Gasteiger partial charge in [-0.1, -0.05) is 13.8 Å². The number of aromatic nitrogens is 1. The van der Waals surface area contributed by atoms with Crippen LogP contribution in [0, 0.1) is 16.7 Å². The third kappa shape index (κ3) is 2.33. The third-order valence-corrected chi connectivity index (χ3v) is 3.13. The monoisotopic (exact) mass is 215 g/mol. The number of hydrogen-bond acceptors (Lipinski definition) is 3. The lowest BCUT2D eigenvalue weighted by Crippen LogP contribution is -2.40. The summed E-state index contributed by atoms with van der Waals surface area (Å²) < 4.78 is 0. The van der Waals surface area contributed by atoms with E-state index in [1.807, 2.05) is 12.1 Å². The topological polar surface area (TPSA) is 39.9 Å². The van der Waals surface area contributed by atoms with Gasteiger partial charge in [-0.05, 0) is 30.4 Å². The largest absolute Gasteiger partial charge is 0.370 e. The Bertz CT molecular complexity index is 400. The first-order valence-corrected chi connectivity index (χ1v) is 5.72. The van der Waals surface area contributed by atoms with E-state index < -0.39 is 0 Å². The fourth-order valence-corrected chi connectivity index (χ4v) is 2.28. The third-order valence-electron chi connectivity index (χ3n) is 3.13. The predicted octanol–water partition coefficient (Wildman–Crippen LogP) is 2.58. The van der Waals surface area contributed by atoms with Gasteiger partial charge in [-0.15, -0.1) is 0 Å². The lowest BCUT2D eigenvalue weighted by Gasteiger charge is -2.39. The first kappa shape index (κ1) is 10.9. The molecule has 0 aliphatic carbocycles. The maximum atomic E-state index is 8.70. The molecule has 0 amide bonds. The molecule has 0 spiro atoms. The average molecular weight is 215 g/mol. The van der Waals surface area contributed by atoms with Crippen LogP contribution in [0.1, 0.15) is 32.4 Å². The summed E-state index contributed by atoms with van der Waals surface area (Å²) in [6.07, 6.45) is 4.32. The molecule has 3 heteroatoms. The molecule has 0 aromatic carbocycles. The minimum absolute atomic E-state index is 0.381. The Morgan fingerprint density at radius 2 is 2.25 bits per heavy atom. The van der Waals surface area contributed by atoms with E-state index >= 15 is 0 Å². The highest BCUT2D eigenvalue weighted by atomic mass is 15.1. The molecule has 16 heavy (non-hydrogen) atoms. The molecule has 84 valence electrons. The van der Waals surface area contributed by atoms with Gasteiger partial charge in [0.25, 0.3) is 0 Å². The van der Waals surface area contributed by atoms with Crippen molar-refractivity contribution in [2.75, 3.05) is 18.0 Å². The fourth-order valence-electron chi connectivity index (χ4n) is 2.28. The smallest absolute Gasteiger partial charge is 0.140 e. The van der Waals surface area contributed by atoms with Crippen LogP contribution in [0.4, 0.5) is 5.69 Å². The molecule has 3 nitrogen and oxygen atoms in total. The molecule has 1 aromatic rings. The van der Waals surface area contributed by atoms with E-state index in [2.05, 4.69) is 23.7 Å². The number of rotatable bonds is 1. The summed E-state index contributed by atoms with van der Waals surface area (Å²) in [5.41, 5.74) is 2.00. The van der Waals surface area contributed by atoms with Gasteiger partial charge >= 0.3 is 0 Å². The maximum Gasteiger partial charge on any atom is 0.140 e. The Morgan fingerprint density at radius 3 is 2.81 bits per heavy atom. The van der Waals surface area contributed by atoms with Crippen LogP contribution >= 0.6 is 0 Å². The highest BCUT2D eigenvalue weighted by Gasteiger charge is 2.26. The molecule has 0 bridgehead atoms. The van der Waals surface area contributed by atoms with Crippen molar-refractivity contribution in [3.63, 3.8) is 0 Å². The van der Waals surface area contributed by atoms with Crippen molar-refractivity contribution in [3.05, 3.63) is 24.0 Å². The average Bonchev–Trinajstić information content (AvgIpc) is 2.28. The van der Waals surface area contributed by atoms with Crippen LogP contribution in [0.3, 0.4) is 0 Å². The molecule has 1 saturated heterocycles. The van der Waals surface area contributed by atoms with Crippen molar-refractivity contribution < 1.29 is 0 Å². The number of hydrogen-bond donors (Lipinski definition) is 0. The zero-order chi connectivity index (χ0) is 11.6. The molecule has 2 rings (SSSR count). The van der Waals surface area contributed by atoms with Gasteiger partial charge in [0.05, 0.1) is 11.9 Å². The normalized spacial score (nSPS) is 19.2. The number of nitriles is 1. The Balaban J connectivity index is 2.15. The van der Waals surface area contributed by atoms with E-state index in [0.29, 0.717) is 11.1 Å². The summed E-state index contributed by atoms with van der Waals surface area (Å²) in [6, 6.07) is 5.83. The second kappa shape index (κ2) is 4.13. The van der Waals surface area contributed by atoms with Crippen LogP contribution < -0.4 is 4.90 Å². The molecule has 0 unspecified atom stereocenters. The van der Waals surface area contributed by atoms with Gasteiger partial charge < -0.3 is 4.90 Å². The molecule has 1 fully saturated rings. The van der Waals surface area contributed by atoms with Crippen molar-refractivity contribution >= 4 is 5.69 Å². The lowest BCUT2D eigenvalue weighted by molar-refractivity contribution is 0.293. The summed E-state index contributed by atoms with van der Waals surface area (Å²) in [5, 5.41) is 8.70. The fraction of sp³-hybridized carbons (Fsp3) is 0.538. The van der Waals surface area contributed by atoms with Gasteiger partial charge in [-0.2, -0.15) is 5.26 Å². The van der Waals surface area contributed by atoms with Crippen LogP contribution in [0.2, 0.25) is 0 Å². The quantitative estimate of drug-likeness (QED) is 0.723. The molecule has 0 atom stereocenters. The molecule has 0 N–H and O–H groups in total. The highest BCUT2D eigenvalue weighted by molar-refractivity contribution is 5.46. The van der Waals surface area contributed by atoms with Gasteiger partial charge in [-0.25, -0.2) is 4.98 Å². The Hall–Kier alpha value is -1.56. The first-order chi connectivity index (χ1) is 7.61. The van der Waals surface area contributed by atoms with Crippen molar-refractivity contribution in [3.8, 4) is 6.07 Å². The molecule has 1 aliphatic rings. The van der Waals surface area contributed by atoms with Gasteiger partial charge in [0.15, 0.2) is 0 Å². The number of anilines is 1. The second-order valence-electron chi connectivity index (χ2n) is 5.20. The van der Waals surface area contributed by atoms with Gasteiger partial charge in [0, 0.05) is 13.1 Å². The standard InChI is InChI=1S/C13H17N3/c1-13(2)6-3-7-16(10-13)12-5-4-11(8-14)15-9-12/h4-5,9H,3,6-7,10H2,1-2H3. The Labute approximate surface area is 96.7 Å². The van der Waals surface area contributed by atoms with Crippen molar-refractivity contribution in [1.82, 2.24) is 4.98 Å². The maximum absolute atomic E-state index is 8.70. The van der Waals surface area contributed by atoms with E-state index in [-0.39, 0.29) is 0 Å². The van der Waals surface area contributed by atoms with E-state index in [1.165, 1.54) is 12.8 Å². The first-order valence-electron chi connectivity index (χ1n) is 5.72. The van der Waals surface area contributed by atoms with Crippen LogP contribution in [-0.4, -0.2) is 18.1 Å². The molecular formula is C13H17N3.